The number of hydrogen-bond acceptors (Lipinski definition) is 1. The second kappa shape index (κ2) is 7.12. The highest BCUT2D eigenvalue weighted by atomic mass is 79.9. The summed E-state index contributed by atoms with van der Waals surface area (Å²) < 4.78 is 1.01. The Balaban J connectivity index is 1.89. The molecule has 2 aromatic rings. The Morgan fingerprint density at radius 1 is 1.10 bits per heavy atom. The standard InChI is InChI=1S/C15H12BrClN2O/c16-12-7-5-11(6-8-12)9-10-18-15(20)19-14-4-2-1-3-13(14)17/h1-10H,(H2,18,19,20)/b10-9+. The first kappa shape index (κ1) is 14.6. The molecule has 0 atom stereocenters. The predicted octanol–water partition coefficient (Wildman–Crippen LogP) is 4.89. The lowest BCUT2D eigenvalue weighted by atomic mass is 10.2. The highest BCUT2D eigenvalue weighted by Gasteiger charge is 2.02. The molecule has 102 valence electrons. The van der Waals surface area contributed by atoms with Crippen molar-refractivity contribution in [2.24, 2.45) is 0 Å². The summed E-state index contributed by atoms with van der Waals surface area (Å²) in [5.41, 5.74) is 1.56. The van der Waals surface area contributed by atoms with Crippen molar-refractivity contribution in [3.8, 4) is 0 Å². The van der Waals surface area contributed by atoms with E-state index in [0.717, 1.165) is 10.0 Å². The maximum Gasteiger partial charge on any atom is 0.323 e. The average molecular weight is 352 g/mol. The third-order valence-corrected chi connectivity index (χ3v) is 3.34. The fourth-order valence-electron chi connectivity index (χ4n) is 1.51. The Kier molecular flexibility index (Phi) is 5.21. The Bertz CT molecular complexity index is 626. The van der Waals surface area contributed by atoms with Crippen LogP contribution in [-0.2, 0) is 0 Å². The number of anilines is 1. The third-order valence-electron chi connectivity index (χ3n) is 2.48. The summed E-state index contributed by atoms with van der Waals surface area (Å²) in [7, 11) is 0. The zero-order chi connectivity index (χ0) is 14.4. The van der Waals surface area contributed by atoms with Gasteiger partial charge in [0.2, 0.25) is 0 Å². The van der Waals surface area contributed by atoms with Crippen molar-refractivity contribution < 1.29 is 4.79 Å². The molecule has 0 aliphatic heterocycles. The van der Waals surface area contributed by atoms with Gasteiger partial charge in [-0.1, -0.05) is 51.8 Å². The monoisotopic (exact) mass is 350 g/mol. The summed E-state index contributed by atoms with van der Waals surface area (Å²) in [6, 6.07) is 14.5. The lowest BCUT2D eigenvalue weighted by Gasteiger charge is -2.05. The van der Waals surface area contributed by atoms with Crippen molar-refractivity contribution in [2.45, 2.75) is 0 Å². The fourth-order valence-corrected chi connectivity index (χ4v) is 1.96. The molecule has 0 spiro atoms. The number of hydrogen-bond donors (Lipinski definition) is 2. The second-order valence-corrected chi connectivity index (χ2v) is 5.29. The summed E-state index contributed by atoms with van der Waals surface area (Å²) in [5, 5.41) is 5.78. The lowest BCUT2D eigenvalue weighted by Crippen LogP contribution is -2.23. The van der Waals surface area contributed by atoms with Crippen molar-refractivity contribution >= 4 is 45.3 Å². The van der Waals surface area contributed by atoms with Crippen molar-refractivity contribution in [1.29, 1.82) is 0 Å². The number of halogens is 2. The maximum atomic E-state index is 11.7. The summed E-state index contributed by atoms with van der Waals surface area (Å²) in [6.45, 7) is 0. The first-order valence-corrected chi connectivity index (χ1v) is 7.06. The minimum atomic E-state index is -0.341. The average Bonchev–Trinajstić information content (AvgIpc) is 2.44. The van der Waals surface area contributed by atoms with Gasteiger partial charge in [0.1, 0.15) is 0 Å². The minimum Gasteiger partial charge on any atom is -0.314 e. The van der Waals surface area contributed by atoms with Crippen LogP contribution in [0.25, 0.3) is 6.08 Å². The zero-order valence-corrected chi connectivity index (χ0v) is 12.8. The molecular formula is C15H12BrClN2O. The molecule has 3 nitrogen and oxygen atoms in total. The first-order valence-electron chi connectivity index (χ1n) is 5.89. The van der Waals surface area contributed by atoms with E-state index in [1.54, 1.807) is 36.5 Å². The molecule has 0 bridgehead atoms. The highest BCUT2D eigenvalue weighted by Crippen LogP contribution is 2.20. The van der Waals surface area contributed by atoms with Crippen LogP contribution in [-0.4, -0.2) is 6.03 Å². The van der Waals surface area contributed by atoms with Gasteiger partial charge in [-0.3, -0.25) is 0 Å². The smallest absolute Gasteiger partial charge is 0.314 e. The van der Waals surface area contributed by atoms with Crippen LogP contribution in [0.2, 0.25) is 5.02 Å². The number of benzene rings is 2. The quantitative estimate of drug-likeness (QED) is 0.811. The molecule has 2 aromatic carbocycles. The SMILES string of the molecule is O=C(N/C=C/c1ccc(Br)cc1)Nc1ccccc1Cl. The van der Waals surface area contributed by atoms with Crippen LogP contribution in [0.4, 0.5) is 10.5 Å². The van der Waals surface area contributed by atoms with E-state index in [4.69, 9.17) is 11.6 Å². The Hall–Kier alpha value is -1.78. The largest absolute Gasteiger partial charge is 0.323 e. The molecule has 0 heterocycles. The lowest BCUT2D eigenvalue weighted by molar-refractivity contribution is 0.255. The minimum absolute atomic E-state index is 0.341. The van der Waals surface area contributed by atoms with Gasteiger partial charge in [0, 0.05) is 10.7 Å². The summed E-state index contributed by atoms with van der Waals surface area (Å²) in [4.78, 5) is 11.7. The topological polar surface area (TPSA) is 41.1 Å². The summed E-state index contributed by atoms with van der Waals surface area (Å²) in [5.74, 6) is 0. The molecular weight excluding hydrogens is 340 g/mol. The number of rotatable bonds is 3. The van der Waals surface area contributed by atoms with Gasteiger partial charge in [-0.2, -0.15) is 0 Å². The second-order valence-electron chi connectivity index (χ2n) is 3.96. The van der Waals surface area contributed by atoms with Crippen LogP contribution in [0, 0.1) is 0 Å². The van der Waals surface area contributed by atoms with Crippen molar-refractivity contribution in [3.05, 3.63) is 69.8 Å². The van der Waals surface area contributed by atoms with E-state index in [-0.39, 0.29) is 6.03 Å². The molecule has 0 saturated carbocycles. The van der Waals surface area contributed by atoms with Crippen LogP contribution in [0.1, 0.15) is 5.56 Å². The van der Waals surface area contributed by atoms with Crippen molar-refractivity contribution in [3.63, 3.8) is 0 Å². The van der Waals surface area contributed by atoms with Gasteiger partial charge in [0.15, 0.2) is 0 Å². The normalized spacial score (nSPS) is 10.5. The number of carbonyl (C=O) groups is 1. The number of urea groups is 1. The fraction of sp³-hybridized carbons (Fsp3) is 0. The molecule has 20 heavy (non-hydrogen) atoms. The maximum absolute atomic E-state index is 11.7. The number of para-hydroxylation sites is 1. The number of nitrogens with one attached hydrogen (secondary N) is 2. The van der Waals surface area contributed by atoms with Gasteiger partial charge in [0.25, 0.3) is 0 Å². The summed E-state index contributed by atoms with van der Waals surface area (Å²) >= 11 is 9.31. The van der Waals surface area contributed by atoms with E-state index in [9.17, 15) is 4.79 Å². The summed E-state index contributed by atoms with van der Waals surface area (Å²) in [6.07, 6.45) is 3.38. The van der Waals surface area contributed by atoms with E-state index >= 15 is 0 Å². The number of amides is 2. The Labute approximate surface area is 130 Å². The number of carbonyl (C=O) groups excluding carboxylic acids is 1. The van der Waals surface area contributed by atoms with Crippen LogP contribution in [0.15, 0.2) is 59.2 Å². The van der Waals surface area contributed by atoms with Gasteiger partial charge in [-0.25, -0.2) is 4.79 Å². The van der Waals surface area contributed by atoms with E-state index in [1.165, 1.54) is 0 Å². The molecule has 5 heteroatoms. The van der Waals surface area contributed by atoms with Crippen LogP contribution >= 0.6 is 27.5 Å². The molecule has 0 unspecified atom stereocenters. The van der Waals surface area contributed by atoms with Crippen molar-refractivity contribution in [2.75, 3.05) is 5.32 Å². The molecule has 2 rings (SSSR count). The molecule has 0 aliphatic rings. The molecule has 2 amide bonds. The van der Waals surface area contributed by atoms with Crippen LogP contribution < -0.4 is 10.6 Å². The molecule has 0 aromatic heterocycles. The molecule has 0 radical (unpaired) electrons. The van der Waals surface area contributed by atoms with E-state index in [0.29, 0.717) is 10.7 Å². The van der Waals surface area contributed by atoms with Crippen LogP contribution in [0.5, 0.6) is 0 Å². The van der Waals surface area contributed by atoms with E-state index in [2.05, 4.69) is 26.6 Å². The van der Waals surface area contributed by atoms with Crippen molar-refractivity contribution in [1.82, 2.24) is 5.32 Å². The molecule has 0 aliphatic carbocycles. The first-order chi connectivity index (χ1) is 9.65. The Morgan fingerprint density at radius 3 is 2.50 bits per heavy atom. The van der Waals surface area contributed by atoms with Gasteiger partial charge < -0.3 is 10.6 Å². The molecule has 0 saturated heterocycles. The van der Waals surface area contributed by atoms with Gasteiger partial charge in [-0.15, -0.1) is 0 Å². The van der Waals surface area contributed by atoms with Gasteiger partial charge in [-0.05, 0) is 35.9 Å². The predicted molar refractivity (Wildman–Crippen MR) is 86.8 cm³/mol. The third kappa shape index (κ3) is 4.40. The van der Waals surface area contributed by atoms with Gasteiger partial charge >= 0.3 is 6.03 Å². The molecule has 2 N–H and O–H groups in total. The van der Waals surface area contributed by atoms with Gasteiger partial charge in [0.05, 0.1) is 10.7 Å². The highest BCUT2D eigenvalue weighted by molar-refractivity contribution is 9.10. The molecule has 0 fully saturated rings. The van der Waals surface area contributed by atoms with E-state index in [1.807, 2.05) is 24.3 Å². The Morgan fingerprint density at radius 2 is 1.80 bits per heavy atom. The van der Waals surface area contributed by atoms with E-state index < -0.39 is 0 Å². The zero-order valence-electron chi connectivity index (χ0n) is 10.4. The van der Waals surface area contributed by atoms with Crippen LogP contribution in [0.3, 0.4) is 0 Å².